The molecule has 0 fully saturated rings. The molecule has 130 valence electrons. The molecule has 0 aromatic heterocycles. The van der Waals surface area contributed by atoms with Crippen LogP contribution in [-0.4, -0.2) is 36.6 Å². The number of amides is 2. The fourth-order valence-electron chi connectivity index (χ4n) is 2.22. The van der Waals surface area contributed by atoms with Crippen molar-refractivity contribution < 1.29 is 18.8 Å². The van der Waals surface area contributed by atoms with Crippen molar-refractivity contribution >= 4 is 23.3 Å². The molecular weight excluding hydrogens is 323 g/mol. The predicted octanol–water partition coefficient (Wildman–Crippen LogP) is 3.13. The maximum absolute atomic E-state index is 12.8. The Morgan fingerprint density at radius 1 is 0.960 bits per heavy atom. The van der Waals surface area contributed by atoms with Gasteiger partial charge in [-0.25, -0.2) is 4.39 Å². The summed E-state index contributed by atoms with van der Waals surface area (Å²) >= 11 is 0. The van der Waals surface area contributed by atoms with Crippen molar-refractivity contribution in [2.75, 3.05) is 19.4 Å². The number of Topliss-reactive ketones (excluding diaryl/α,β-unsaturated/α-hetero) is 1. The smallest absolute Gasteiger partial charge is 0.253 e. The van der Waals surface area contributed by atoms with E-state index in [4.69, 9.17) is 0 Å². The number of anilines is 1. The zero-order chi connectivity index (χ0) is 18.4. The summed E-state index contributed by atoms with van der Waals surface area (Å²) < 4.78 is 12.8. The van der Waals surface area contributed by atoms with Crippen LogP contribution in [0.25, 0.3) is 0 Å². The van der Waals surface area contributed by atoms with Crippen LogP contribution in [0.3, 0.4) is 0 Å². The van der Waals surface area contributed by atoms with E-state index in [0.29, 0.717) is 16.8 Å². The summed E-state index contributed by atoms with van der Waals surface area (Å²) in [5, 5.41) is 2.67. The van der Waals surface area contributed by atoms with Gasteiger partial charge in [-0.2, -0.15) is 0 Å². The van der Waals surface area contributed by atoms with Crippen LogP contribution in [0.15, 0.2) is 48.5 Å². The number of carbonyl (C=O) groups is 3. The number of nitrogens with zero attached hydrogens (tertiary/aromatic N) is 1. The van der Waals surface area contributed by atoms with Crippen LogP contribution in [0.1, 0.15) is 33.6 Å². The van der Waals surface area contributed by atoms with Crippen molar-refractivity contribution in [2.24, 2.45) is 0 Å². The summed E-state index contributed by atoms with van der Waals surface area (Å²) in [4.78, 5) is 37.3. The van der Waals surface area contributed by atoms with E-state index in [2.05, 4.69) is 5.32 Å². The number of rotatable bonds is 6. The van der Waals surface area contributed by atoms with Crippen LogP contribution in [0.4, 0.5) is 10.1 Å². The first kappa shape index (κ1) is 18.3. The number of benzene rings is 2. The number of halogens is 1. The number of nitrogens with one attached hydrogen (secondary N) is 1. The topological polar surface area (TPSA) is 66.5 Å². The van der Waals surface area contributed by atoms with Gasteiger partial charge in [0.1, 0.15) is 5.82 Å². The molecule has 0 saturated heterocycles. The van der Waals surface area contributed by atoms with Gasteiger partial charge in [0.05, 0.1) is 0 Å². The minimum Gasteiger partial charge on any atom is -0.345 e. The SMILES string of the molecule is CN(C)C(=O)c1cccc(NC(=O)CCC(=O)c2ccc(F)cc2)c1. The molecule has 6 heteroatoms. The molecule has 2 amide bonds. The summed E-state index contributed by atoms with van der Waals surface area (Å²) in [6.45, 7) is 0. The van der Waals surface area contributed by atoms with Crippen molar-refractivity contribution in [2.45, 2.75) is 12.8 Å². The largest absolute Gasteiger partial charge is 0.345 e. The lowest BCUT2D eigenvalue weighted by atomic mass is 10.1. The van der Waals surface area contributed by atoms with Gasteiger partial charge in [0, 0.05) is 43.8 Å². The van der Waals surface area contributed by atoms with E-state index in [0.717, 1.165) is 0 Å². The van der Waals surface area contributed by atoms with Crippen LogP contribution in [0, 0.1) is 5.82 Å². The second-order valence-corrected chi connectivity index (χ2v) is 5.76. The molecule has 0 bridgehead atoms. The van der Waals surface area contributed by atoms with Crippen molar-refractivity contribution in [1.82, 2.24) is 4.90 Å². The third-order valence-electron chi connectivity index (χ3n) is 3.54. The first-order valence-electron chi connectivity index (χ1n) is 7.77. The molecule has 2 rings (SSSR count). The van der Waals surface area contributed by atoms with E-state index >= 15 is 0 Å². The first-order valence-corrected chi connectivity index (χ1v) is 7.77. The minimum atomic E-state index is -0.415. The molecule has 1 N–H and O–H groups in total. The van der Waals surface area contributed by atoms with Gasteiger partial charge in [0.25, 0.3) is 5.91 Å². The number of carbonyl (C=O) groups excluding carboxylic acids is 3. The fraction of sp³-hybridized carbons (Fsp3) is 0.211. The van der Waals surface area contributed by atoms with Gasteiger partial charge in [0.2, 0.25) is 5.91 Å². The highest BCUT2D eigenvalue weighted by Crippen LogP contribution is 2.13. The molecule has 0 unspecified atom stereocenters. The number of hydrogen-bond donors (Lipinski definition) is 1. The average Bonchev–Trinajstić information content (AvgIpc) is 2.59. The molecule has 0 aliphatic carbocycles. The van der Waals surface area contributed by atoms with Crippen molar-refractivity contribution in [3.63, 3.8) is 0 Å². The number of hydrogen-bond acceptors (Lipinski definition) is 3. The van der Waals surface area contributed by atoms with Gasteiger partial charge in [-0.1, -0.05) is 6.07 Å². The van der Waals surface area contributed by atoms with Crippen molar-refractivity contribution in [1.29, 1.82) is 0 Å². The second-order valence-electron chi connectivity index (χ2n) is 5.76. The Balaban J connectivity index is 1.92. The fourth-order valence-corrected chi connectivity index (χ4v) is 2.22. The Kier molecular flexibility index (Phi) is 6.00. The van der Waals surface area contributed by atoms with E-state index < -0.39 is 5.82 Å². The normalized spacial score (nSPS) is 10.2. The standard InChI is InChI=1S/C19H19FN2O3/c1-22(2)19(25)14-4-3-5-16(12-14)21-18(24)11-10-17(23)13-6-8-15(20)9-7-13/h3-9,12H,10-11H2,1-2H3,(H,21,24). The Hall–Kier alpha value is -3.02. The monoisotopic (exact) mass is 342 g/mol. The van der Waals surface area contributed by atoms with Crippen LogP contribution in [0.2, 0.25) is 0 Å². The van der Waals surface area contributed by atoms with Crippen LogP contribution < -0.4 is 5.32 Å². The van der Waals surface area contributed by atoms with Crippen molar-refractivity contribution in [3.05, 3.63) is 65.5 Å². The molecule has 0 saturated carbocycles. The second kappa shape index (κ2) is 8.19. The maximum atomic E-state index is 12.8. The molecule has 0 spiro atoms. The molecule has 0 atom stereocenters. The van der Waals surface area contributed by atoms with Crippen LogP contribution >= 0.6 is 0 Å². The lowest BCUT2D eigenvalue weighted by Crippen LogP contribution is -2.22. The summed E-state index contributed by atoms with van der Waals surface area (Å²) in [6, 6.07) is 11.8. The molecule has 5 nitrogen and oxygen atoms in total. The average molecular weight is 342 g/mol. The molecule has 25 heavy (non-hydrogen) atoms. The zero-order valence-corrected chi connectivity index (χ0v) is 14.1. The van der Waals surface area contributed by atoms with Gasteiger partial charge >= 0.3 is 0 Å². The van der Waals surface area contributed by atoms with Crippen LogP contribution in [-0.2, 0) is 4.79 Å². The third-order valence-corrected chi connectivity index (χ3v) is 3.54. The van der Waals surface area contributed by atoms with E-state index in [1.807, 2.05) is 0 Å². The van der Waals surface area contributed by atoms with Gasteiger partial charge in [-0.3, -0.25) is 14.4 Å². The highest BCUT2D eigenvalue weighted by atomic mass is 19.1. The van der Waals surface area contributed by atoms with Crippen molar-refractivity contribution in [3.8, 4) is 0 Å². The summed E-state index contributed by atoms with van der Waals surface area (Å²) in [5.41, 5.74) is 1.32. The Labute approximate surface area is 145 Å². The van der Waals surface area contributed by atoms with E-state index in [-0.39, 0.29) is 30.4 Å². The Morgan fingerprint density at radius 3 is 2.28 bits per heavy atom. The predicted molar refractivity (Wildman–Crippen MR) is 93.1 cm³/mol. The van der Waals surface area contributed by atoms with Gasteiger partial charge in [-0.15, -0.1) is 0 Å². The summed E-state index contributed by atoms with van der Waals surface area (Å²) in [7, 11) is 3.29. The summed E-state index contributed by atoms with van der Waals surface area (Å²) in [6.07, 6.45) is 0.0237. The molecule has 0 aliphatic rings. The lowest BCUT2D eigenvalue weighted by Gasteiger charge is -2.11. The molecule has 0 aliphatic heterocycles. The number of ketones is 1. The van der Waals surface area contributed by atoms with E-state index in [9.17, 15) is 18.8 Å². The van der Waals surface area contributed by atoms with Crippen LogP contribution in [0.5, 0.6) is 0 Å². The molecule has 2 aromatic rings. The van der Waals surface area contributed by atoms with Gasteiger partial charge < -0.3 is 10.2 Å². The maximum Gasteiger partial charge on any atom is 0.253 e. The highest BCUT2D eigenvalue weighted by molar-refractivity contribution is 6.00. The minimum absolute atomic E-state index is 0.00205. The van der Waals surface area contributed by atoms with Gasteiger partial charge in [-0.05, 0) is 42.5 Å². The Bertz CT molecular complexity index is 786. The molecular formula is C19H19FN2O3. The quantitative estimate of drug-likeness (QED) is 0.820. The van der Waals surface area contributed by atoms with E-state index in [1.165, 1.54) is 29.2 Å². The summed E-state index contributed by atoms with van der Waals surface area (Å²) in [5.74, 6) is -1.14. The first-order chi connectivity index (χ1) is 11.9. The lowest BCUT2D eigenvalue weighted by molar-refractivity contribution is -0.116. The molecule has 0 radical (unpaired) electrons. The molecule has 2 aromatic carbocycles. The third kappa shape index (κ3) is 5.24. The van der Waals surface area contributed by atoms with Gasteiger partial charge in [0.15, 0.2) is 5.78 Å². The zero-order valence-electron chi connectivity index (χ0n) is 14.1. The molecule has 0 heterocycles. The Morgan fingerprint density at radius 2 is 1.64 bits per heavy atom. The highest BCUT2D eigenvalue weighted by Gasteiger charge is 2.12. The van der Waals surface area contributed by atoms with E-state index in [1.54, 1.807) is 38.4 Å².